The van der Waals surface area contributed by atoms with Gasteiger partial charge in [-0.15, -0.1) is 0 Å². The fourth-order valence-corrected chi connectivity index (χ4v) is 2.73. The van der Waals surface area contributed by atoms with Gasteiger partial charge in [0, 0.05) is 24.5 Å². The van der Waals surface area contributed by atoms with Gasteiger partial charge in [0.05, 0.1) is 5.56 Å². The highest BCUT2D eigenvalue weighted by Gasteiger charge is 2.33. The minimum absolute atomic E-state index is 0.173. The number of nitrogens with two attached hydrogens (primary N) is 1. The fraction of sp³-hybridized carbons (Fsp3) is 0.571. The van der Waals surface area contributed by atoms with E-state index in [2.05, 4.69) is 0 Å². The molecule has 1 aromatic carbocycles. The molecule has 0 radical (unpaired) electrons. The van der Waals surface area contributed by atoms with Crippen molar-refractivity contribution in [2.45, 2.75) is 25.6 Å². The van der Waals surface area contributed by atoms with Gasteiger partial charge in [0.15, 0.2) is 0 Å². The molecule has 0 amide bonds. The highest BCUT2D eigenvalue weighted by molar-refractivity contribution is 7.98. The summed E-state index contributed by atoms with van der Waals surface area (Å²) < 4.78 is 39.3. The molecular formula is C14H21F3N2S. The Bertz CT molecular complexity index is 435. The summed E-state index contributed by atoms with van der Waals surface area (Å²) in [6.07, 6.45) is -2.13. The van der Waals surface area contributed by atoms with E-state index >= 15 is 0 Å². The molecule has 0 spiro atoms. The Hall–Kier alpha value is -0.880. The van der Waals surface area contributed by atoms with Gasteiger partial charge in [-0.25, -0.2) is 0 Å². The maximum Gasteiger partial charge on any atom is 0.416 e. The molecule has 114 valence electrons. The van der Waals surface area contributed by atoms with E-state index in [1.54, 1.807) is 17.8 Å². The van der Waals surface area contributed by atoms with Crippen LogP contribution in [0.2, 0.25) is 0 Å². The highest BCUT2D eigenvalue weighted by Crippen LogP contribution is 2.35. The number of hydrogen-bond acceptors (Lipinski definition) is 3. The molecule has 20 heavy (non-hydrogen) atoms. The van der Waals surface area contributed by atoms with Crippen LogP contribution in [0.5, 0.6) is 0 Å². The van der Waals surface area contributed by atoms with Crippen molar-refractivity contribution in [3.8, 4) is 0 Å². The van der Waals surface area contributed by atoms with E-state index < -0.39 is 11.7 Å². The molecule has 1 unspecified atom stereocenters. The largest absolute Gasteiger partial charge is 0.416 e. The summed E-state index contributed by atoms with van der Waals surface area (Å²) in [5.74, 6) is 0.863. The summed E-state index contributed by atoms with van der Waals surface area (Å²) in [6, 6.07) is 4.66. The standard InChI is InChI=1S/C14H21F3N2S/c1-10(9-20-3)19(2)12-5-4-11(6-7-18)13(8-12)14(15,16)17/h4-5,8,10H,6-7,9,18H2,1-3H3. The number of benzene rings is 1. The van der Waals surface area contributed by atoms with Crippen molar-refractivity contribution in [3.63, 3.8) is 0 Å². The van der Waals surface area contributed by atoms with Gasteiger partial charge in [0.1, 0.15) is 0 Å². The van der Waals surface area contributed by atoms with Crippen molar-refractivity contribution in [2.24, 2.45) is 5.73 Å². The first-order valence-corrected chi connectivity index (χ1v) is 7.82. The van der Waals surface area contributed by atoms with Crippen LogP contribution < -0.4 is 10.6 Å². The molecule has 1 aromatic rings. The Morgan fingerprint density at radius 1 is 1.35 bits per heavy atom. The molecule has 2 nitrogen and oxygen atoms in total. The second kappa shape index (κ2) is 7.22. The molecule has 0 aliphatic rings. The predicted molar refractivity (Wildman–Crippen MR) is 80.4 cm³/mol. The van der Waals surface area contributed by atoms with E-state index in [1.807, 2.05) is 25.1 Å². The zero-order chi connectivity index (χ0) is 15.3. The lowest BCUT2D eigenvalue weighted by molar-refractivity contribution is -0.138. The van der Waals surface area contributed by atoms with Crippen molar-refractivity contribution >= 4 is 17.4 Å². The van der Waals surface area contributed by atoms with Crippen LogP contribution in [0, 0.1) is 0 Å². The van der Waals surface area contributed by atoms with Crippen LogP contribution in [0.4, 0.5) is 18.9 Å². The quantitative estimate of drug-likeness (QED) is 0.873. The van der Waals surface area contributed by atoms with Gasteiger partial charge in [-0.2, -0.15) is 24.9 Å². The van der Waals surface area contributed by atoms with E-state index in [0.29, 0.717) is 5.69 Å². The molecule has 2 N–H and O–H groups in total. The average Bonchev–Trinajstić information content (AvgIpc) is 2.37. The summed E-state index contributed by atoms with van der Waals surface area (Å²) in [6.45, 7) is 2.21. The summed E-state index contributed by atoms with van der Waals surface area (Å²) in [5.41, 5.74) is 5.64. The van der Waals surface area contributed by atoms with Crippen LogP contribution in [-0.2, 0) is 12.6 Å². The Balaban J connectivity index is 3.12. The van der Waals surface area contributed by atoms with E-state index in [1.165, 1.54) is 12.1 Å². The molecule has 0 aliphatic heterocycles. The molecule has 0 saturated carbocycles. The number of hydrogen-bond donors (Lipinski definition) is 1. The summed E-state index contributed by atoms with van der Waals surface area (Å²) in [5, 5.41) is 0. The fourth-order valence-electron chi connectivity index (χ4n) is 2.03. The van der Waals surface area contributed by atoms with E-state index in [-0.39, 0.29) is 24.6 Å². The molecule has 0 saturated heterocycles. The first-order chi connectivity index (χ1) is 9.31. The van der Waals surface area contributed by atoms with Crippen LogP contribution in [0.3, 0.4) is 0 Å². The van der Waals surface area contributed by atoms with Gasteiger partial charge in [-0.3, -0.25) is 0 Å². The van der Waals surface area contributed by atoms with Crippen molar-refractivity contribution in [1.82, 2.24) is 0 Å². The highest BCUT2D eigenvalue weighted by atomic mass is 32.2. The summed E-state index contributed by atoms with van der Waals surface area (Å²) in [7, 11) is 1.82. The number of alkyl halides is 3. The molecule has 1 atom stereocenters. The minimum atomic E-state index is -4.34. The molecule has 6 heteroatoms. The lowest BCUT2D eigenvalue weighted by Gasteiger charge is -2.27. The second-order valence-electron chi connectivity index (χ2n) is 4.79. The lowest BCUT2D eigenvalue weighted by Crippen LogP contribution is -2.31. The van der Waals surface area contributed by atoms with Crippen LogP contribution in [-0.4, -0.2) is 31.6 Å². The normalized spacial score (nSPS) is 13.3. The van der Waals surface area contributed by atoms with Crippen molar-refractivity contribution in [1.29, 1.82) is 0 Å². The molecule has 0 heterocycles. The van der Waals surface area contributed by atoms with Crippen LogP contribution in [0.25, 0.3) is 0 Å². The number of halogens is 3. The minimum Gasteiger partial charge on any atom is -0.371 e. The Kier molecular flexibility index (Phi) is 6.20. The molecule has 0 bridgehead atoms. The summed E-state index contributed by atoms with van der Waals surface area (Å²) >= 11 is 1.67. The van der Waals surface area contributed by atoms with Gasteiger partial charge in [0.2, 0.25) is 0 Å². The van der Waals surface area contributed by atoms with E-state index in [9.17, 15) is 13.2 Å². The van der Waals surface area contributed by atoms with Crippen molar-refractivity contribution < 1.29 is 13.2 Å². The third-order valence-electron chi connectivity index (χ3n) is 3.29. The van der Waals surface area contributed by atoms with Gasteiger partial charge in [0.25, 0.3) is 0 Å². The van der Waals surface area contributed by atoms with Crippen LogP contribution in [0.15, 0.2) is 18.2 Å². The van der Waals surface area contributed by atoms with E-state index in [4.69, 9.17) is 5.73 Å². The maximum absolute atomic E-state index is 13.1. The van der Waals surface area contributed by atoms with Gasteiger partial charge < -0.3 is 10.6 Å². The number of anilines is 1. The van der Waals surface area contributed by atoms with Crippen LogP contribution >= 0.6 is 11.8 Å². The summed E-state index contributed by atoms with van der Waals surface area (Å²) in [4.78, 5) is 1.87. The Morgan fingerprint density at radius 3 is 2.50 bits per heavy atom. The molecule has 0 aromatic heterocycles. The lowest BCUT2D eigenvalue weighted by atomic mass is 10.0. The zero-order valence-electron chi connectivity index (χ0n) is 12.0. The average molecular weight is 306 g/mol. The van der Waals surface area contributed by atoms with Crippen molar-refractivity contribution in [3.05, 3.63) is 29.3 Å². The first kappa shape index (κ1) is 17.2. The van der Waals surface area contributed by atoms with Gasteiger partial charge in [-0.1, -0.05) is 6.07 Å². The zero-order valence-corrected chi connectivity index (χ0v) is 12.8. The molecule has 1 rings (SSSR count). The van der Waals surface area contributed by atoms with Crippen LogP contribution in [0.1, 0.15) is 18.1 Å². The molecule has 0 fully saturated rings. The van der Waals surface area contributed by atoms with Gasteiger partial charge in [-0.05, 0) is 43.8 Å². The van der Waals surface area contributed by atoms with Gasteiger partial charge >= 0.3 is 6.18 Å². The molecule has 0 aliphatic carbocycles. The Morgan fingerprint density at radius 2 is 2.00 bits per heavy atom. The smallest absolute Gasteiger partial charge is 0.371 e. The SMILES string of the molecule is CSCC(C)N(C)c1ccc(CCN)c(C(F)(F)F)c1. The molecular weight excluding hydrogens is 285 g/mol. The third kappa shape index (κ3) is 4.31. The first-order valence-electron chi connectivity index (χ1n) is 6.43. The monoisotopic (exact) mass is 306 g/mol. The van der Waals surface area contributed by atoms with E-state index in [0.717, 1.165) is 5.75 Å². The maximum atomic E-state index is 13.1. The number of rotatable bonds is 6. The second-order valence-corrected chi connectivity index (χ2v) is 5.70. The van der Waals surface area contributed by atoms with Crippen molar-refractivity contribution in [2.75, 3.05) is 30.5 Å². The third-order valence-corrected chi connectivity index (χ3v) is 4.10. The predicted octanol–water partition coefficient (Wildman–Crippen LogP) is 3.39. The Labute approximate surface area is 122 Å². The topological polar surface area (TPSA) is 29.3 Å². The number of thioether (sulfide) groups is 1. The number of nitrogens with zero attached hydrogens (tertiary/aromatic N) is 1.